The lowest BCUT2D eigenvalue weighted by atomic mass is 10.4. The summed E-state index contributed by atoms with van der Waals surface area (Å²) in [4.78, 5) is 0.313. The topological polar surface area (TPSA) is 32.3 Å². The van der Waals surface area contributed by atoms with Crippen molar-refractivity contribution in [3.8, 4) is 0 Å². The number of thiocarbonyl (C=S) groups is 1. The van der Waals surface area contributed by atoms with Crippen molar-refractivity contribution in [2.45, 2.75) is 6.92 Å². The fourth-order valence-electron chi connectivity index (χ4n) is 0.291. The van der Waals surface area contributed by atoms with Crippen LogP contribution in [0.2, 0.25) is 0 Å². The van der Waals surface area contributed by atoms with Crippen LogP contribution in [0.15, 0.2) is 24.3 Å². The van der Waals surface area contributed by atoms with E-state index in [2.05, 4.69) is 12.2 Å². The number of rotatable bonds is 2. The highest BCUT2D eigenvalue weighted by Crippen LogP contribution is 1.77. The largest absolute Gasteiger partial charge is 0.290 e. The van der Waals surface area contributed by atoms with Crippen molar-refractivity contribution in [2.75, 3.05) is 0 Å². The standard InChI is InChI=1S/C6H9NOS/c1-2-3-4-5-6(9)7-8/h2-5,8H,1H3,(H,7,9)/b3-2+,5-4+. The van der Waals surface area contributed by atoms with E-state index in [1.54, 1.807) is 12.2 Å². The molecule has 2 nitrogen and oxygen atoms in total. The molecule has 0 aromatic carbocycles. The lowest BCUT2D eigenvalue weighted by Crippen LogP contribution is -2.12. The highest BCUT2D eigenvalue weighted by molar-refractivity contribution is 7.80. The molecular weight excluding hydrogens is 134 g/mol. The molecule has 50 valence electrons. The van der Waals surface area contributed by atoms with Crippen molar-refractivity contribution in [1.82, 2.24) is 5.48 Å². The molecule has 9 heavy (non-hydrogen) atoms. The molecule has 0 aromatic rings. The van der Waals surface area contributed by atoms with Gasteiger partial charge in [-0.1, -0.05) is 30.4 Å². The molecule has 0 bridgehead atoms. The number of hydrogen-bond acceptors (Lipinski definition) is 2. The van der Waals surface area contributed by atoms with Crippen LogP contribution in [0.3, 0.4) is 0 Å². The third-order valence-corrected chi connectivity index (χ3v) is 0.889. The van der Waals surface area contributed by atoms with Gasteiger partial charge in [0.25, 0.3) is 0 Å². The summed E-state index contributed by atoms with van der Waals surface area (Å²) in [7, 11) is 0. The Hall–Kier alpha value is -0.670. The van der Waals surface area contributed by atoms with E-state index in [0.29, 0.717) is 4.99 Å². The van der Waals surface area contributed by atoms with Gasteiger partial charge in [0.15, 0.2) is 0 Å². The molecular formula is C6H9NOS. The predicted molar refractivity (Wildman–Crippen MR) is 41.5 cm³/mol. The number of allylic oxidation sites excluding steroid dienone is 3. The van der Waals surface area contributed by atoms with Crippen molar-refractivity contribution in [2.24, 2.45) is 0 Å². The van der Waals surface area contributed by atoms with Gasteiger partial charge in [0.2, 0.25) is 0 Å². The smallest absolute Gasteiger partial charge is 0.123 e. The molecule has 0 aliphatic heterocycles. The minimum absolute atomic E-state index is 0.313. The van der Waals surface area contributed by atoms with Gasteiger partial charge in [-0.2, -0.15) is 0 Å². The molecule has 0 aliphatic rings. The SMILES string of the molecule is C/C=C/C=C/C(=S)NO. The third-order valence-electron chi connectivity index (χ3n) is 0.661. The molecule has 0 fully saturated rings. The van der Waals surface area contributed by atoms with Crippen molar-refractivity contribution in [1.29, 1.82) is 0 Å². The zero-order valence-electron chi connectivity index (χ0n) is 5.16. The molecule has 0 spiro atoms. The van der Waals surface area contributed by atoms with Crippen molar-refractivity contribution < 1.29 is 5.21 Å². The van der Waals surface area contributed by atoms with Crippen LogP contribution in [0.1, 0.15) is 6.92 Å². The summed E-state index contributed by atoms with van der Waals surface area (Å²) in [5.74, 6) is 0. The molecule has 0 saturated carbocycles. The van der Waals surface area contributed by atoms with Gasteiger partial charge >= 0.3 is 0 Å². The second-order valence-electron chi connectivity index (χ2n) is 1.36. The molecule has 0 amide bonds. The minimum atomic E-state index is 0.313. The Kier molecular flexibility index (Phi) is 5.06. The maximum Gasteiger partial charge on any atom is 0.123 e. The molecule has 0 aromatic heterocycles. The van der Waals surface area contributed by atoms with Gasteiger partial charge in [-0.3, -0.25) is 10.7 Å². The first-order valence-electron chi connectivity index (χ1n) is 2.54. The van der Waals surface area contributed by atoms with Gasteiger partial charge in [-0.05, 0) is 13.0 Å². The predicted octanol–water partition coefficient (Wildman–Crippen LogP) is 1.42. The number of hydrogen-bond donors (Lipinski definition) is 2. The van der Waals surface area contributed by atoms with E-state index in [-0.39, 0.29) is 0 Å². The first-order valence-corrected chi connectivity index (χ1v) is 2.95. The lowest BCUT2D eigenvalue weighted by Gasteiger charge is -1.88. The zero-order chi connectivity index (χ0) is 7.11. The third kappa shape index (κ3) is 5.20. The van der Waals surface area contributed by atoms with Gasteiger partial charge in [-0.15, -0.1) is 0 Å². The van der Waals surface area contributed by atoms with E-state index in [1.165, 1.54) is 0 Å². The van der Waals surface area contributed by atoms with Gasteiger partial charge in [-0.25, -0.2) is 0 Å². The van der Waals surface area contributed by atoms with Crippen LogP contribution in [0.4, 0.5) is 0 Å². The first kappa shape index (κ1) is 8.33. The molecule has 0 atom stereocenters. The summed E-state index contributed by atoms with van der Waals surface area (Å²) in [6.07, 6.45) is 7.03. The zero-order valence-corrected chi connectivity index (χ0v) is 5.98. The number of nitrogens with one attached hydrogen (secondary N) is 1. The summed E-state index contributed by atoms with van der Waals surface area (Å²) in [5, 5.41) is 8.17. The van der Waals surface area contributed by atoms with E-state index in [9.17, 15) is 0 Å². The summed E-state index contributed by atoms with van der Waals surface area (Å²) < 4.78 is 0. The summed E-state index contributed by atoms with van der Waals surface area (Å²) in [6.45, 7) is 1.90. The molecule has 2 N–H and O–H groups in total. The average molecular weight is 143 g/mol. The van der Waals surface area contributed by atoms with Crippen LogP contribution < -0.4 is 5.48 Å². The molecule has 0 saturated heterocycles. The molecule has 3 heteroatoms. The Morgan fingerprint density at radius 1 is 1.56 bits per heavy atom. The highest BCUT2D eigenvalue weighted by atomic mass is 32.1. The van der Waals surface area contributed by atoms with Crippen LogP contribution in [0, 0.1) is 0 Å². The summed E-state index contributed by atoms with van der Waals surface area (Å²) >= 11 is 4.59. The van der Waals surface area contributed by atoms with E-state index < -0.39 is 0 Å². The Bertz CT molecular complexity index is 140. The van der Waals surface area contributed by atoms with Crippen LogP contribution in [0.5, 0.6) is 0 Å². The van der Waals surface area contributed by atoms with Gasteiger partial charge in [0.05, 0.1) is 0 Å². The van der Waals surface area contributed by atoms with E-state index >= 15 is 0 Å². The second kappa shape index (κ2) is 5.47. The van der Waals surface area contributed by atoms with Crippen LogP contribution in [-0.4, -0.2) is 10.2 Å². The Labute approximate surface area is 59.8 Å². The monoisotopic (exact) mass is 143 g/mol. The van der Waals surface area contributed by atoms with Crippen LogP contribution in [-0.2, 0) is 0 Å². The minimum Gasteiger partial charge on any atom is -0.290 e. The Morgan fingerprint density at radius 3 is 2.67 bits per heavy atom. The van der Waals surface area contributed by atoms with Gasteiger partial charge < -0.3 is 0 Å². The molecule has 0 unspecified atom stereocenters. The number of hydroxylamine groups is 1. The van der Waals surface area contributed by atoms with Crippen molar-refractivity contribution in [3.05, 3.63) is 24.3 Å². The fourth-order valence-corrected chi connectivity index (χ4v) is 0.370. The summed E-state index contributed by atoms with van der Waals surface area (Å²) in [5.41, 5.74) is 1.83. The average Bonchev–Trinajstić information content (AvgIpc) is 1.89. The van der Waals surface area contributed by atoms with Crippen molar-refractivity contribution >= 4 is 17.2 Å². The first-order chi connectivity index (χ1) is 4.31. The van der Waals surface area contributed by atoms with E-state index in [1.807, 2.05) is 24.6 Å². The van der Waals surface area contributed by atoms with Crippen molar-refractivity contribution in [3.63, 3.8) is 0 Å². The normalized spacial score (nSPS) is 10.9. The molecule has 0 radical (unpaired) electrons. The lowest BCUT2D eigenvalue weighted by molar-refractivity contribution is 0.238. The van der Waals surface area contributed by atoms with Crippen LogP contribution >= 0.6 is 12.2 Å². The summed E-state index contributed by atoms with van der Waals surface area (Å²) in [6, 6.07) is 0. The Morgan fingerprint density at radius 2 is 2.22 bits per heavy atom. The van der Waals surface area contributed by atoms with Gasteiger partial charge in [0.1, 0.15) is 4.99 Å². The molecule has 0 aliphatic carbocycles. The van der Waals surface area contributed by atoms with E-state index in [4.69, 9.17) is 5.21 Å². The molecule has 0 heterocycles. The fraction of sp³-hybridized carbons (Fsp3) is 0.167. The quantitative estimate of drug-likeness (QED) is 0.265. The van der Waals surface area contributed by atoms with Crippen LogP contribution in [0.25, 0.3) is 0 Å². The second-order valence-corrected chi connectivity index (χ2v) is 1.80. The van der Waals surface area contributed by atoms with Gasteiger partial charge in [0, 0.05) is 0 Å². The molecule has 0 rings (SSSR count). The highest BCUT2D eigenvalue weighted by Gasteiger charge is 1.78. The maximum absolute atomic E-state index is 8.17. The van der Waals surface area contributed by atoms with E-state index in [0.717, 1.165) is 0 Å². The maximum atomic E-state index is 8.17. The Balaban J connectivity index is 3.57.